The van der Waals surface area contributed by atoms with Crippen LogP contribution in [0, 0.1) is 13.8 Å². The van der Waals surface area contributed by atoms with Crippen molar-refractivity contribution in [3.8, 4) is 11.5 Å². The predicted octanol–water partition coefficient (Wildman–Crippen LogP) is 5.60. The molecule has 6 aromatic rings. The standard InChI is InChI=1S/C38H30N4O12S2/c1-19-13-23(35(45)41-29-7-3-5-21-15-25(55(49,50)51)17-31(43)33(21)29)9-11-27(19)39-37(47)38(48)40-28-12-10-24(14-20(28)2)36(46)42-30-8-4-6-22-16-26(56(52,53)54)18-32(44)34(22)30/h3-18,43-44H,1-2H3,(H,39,47)(H,40,48)(H,41,45)(H,42,46)(H,49,50,51)(H,52,53,54). The largest absolute Gasteiger partial charge is 0.507 e. The third-order valence-electron chi connectivity index (χ3n) is 8.63. The fourth-order valence-corrected chi connectivity index (χ4v) is 6.97. The lowest BCUT2D eigenvalue weighted by Gasteiger charge is -2.14. The van der Waals surface area contributed by atoms with Crippen molar-refractivity contribution in [3.63, 3.8) is 0 Å². The molecule has 0 saturated carbocycles. The lowest BCUT2D eigenvalue weighted by Crippen LogP contribution is -2.29. The van der Waals surface area contributed by atoms with Crippen LogP contribution in [0.2, 0.25) is 0 Å². The van der Waals surface area contributed by atoms with Gasteiger partial charge in [-0.25, -0.2) is 0 Å². The number of phenols is 2. The van der Waals surface area contributed by atoms with E-state index in [2.05, 4.69) is 21.3 Å². The molecule has 8 N–H and O–H groups in total. The van der Waals surface area contributed by atoms with Crippen LogP contribution in [0.25, 0.3) is 21.5 Å². The van der Waals surface area contributed by atoms with E-state index in [-0.39, 0.29) is 55.4 Å². The van der Waals surface area contributed by atoms with Gasteiger partial charge in [0.2, 0.25) is 0 Å². The zero-order chi connectivity index (χ0) is 40.7. The lowest BCUT2D eigenvalue weighted by atomic mass is 10.1. The van der Waals surface area contributed by atoms with Crippen LogP contribution in [0.5, 0.6) is 11.5 Å². The summed E-state index contributed by atoms with van der Waals surface area (Å²) in [6.07, 6.45) is 0. The Balaban J connectivity index is 1.10. The number of aryl methyl sites for hydroxylation is 2. The third-order valence-corrected chi connectivity index (χ3v) is 10.3. The number of phenolic OH excluding ortho intramolecular Hbond substituents is 2. The predicted molar refractivity (Wildman–Crippen MR) is 206 cm³/mol. The van der Waals surface area contributed by atoms with Gasteiger partial charge in [0.05, 0.1) is 21.2 Å². The molecule has 0 atom stereocenters. The molecular weight excluding hydrogens is 769 g/mol. The number of benzene rings is 6. The minimum Gasteiger partial charge on any atom is -0.507 e. The molecule has 286 valence electrons. The van der Waals surface area contributed by atoms with Crippen molar-refractivity contribution in [3.05, 3.63) is 119 Å². The first-order valence-corrected chi connectivity index (χ1v) is 19.1. The summed E-state index contributed by atoms with van der Waals surface area (Å²) in [5.41, 5.74) is 1.90. The van der Waals surface area contributed by atoms with E-state index in [1.165, 1.54) is 72.8 Å². The molecule has 0 bridgehead atoms. The lowest BCUT2D eigenvalue weighted by molar-refractivity contribution is -0.133. The summed E-state index contributed by atoms with van der Waals surface area (Å²) in [5.74, 6) is -4.25. The Morgan fingerprint density at radius 1 is 0.482 bits per heavy atom. The summed E-state index contributed by atoms with van der Waals surface area (Å²) in [4.78, 5) is 51.0. The molecule has 0 spiro atoms. The van der Waals surface area contributed by atoms with Crippen molar-refractivity contribution in [1.29, 1.82) is 0 Å². The van der Waals surface area contributed by atoms with Gasteiger partial charge in [-0.15, -0.1) is 0 Å². The molecule has 6 aromatic carbocycles. The van der Waals surface area contributed by atoms with Crippen LogP contribution in [0.15, 0.2) is 107 Å². The number of aromatic hydroxyl groups is 2. The number of carbonyl (C=O) groups is 4. The van der Waals surface area contributed by atoms with Crippen LogP contribution < -0.4 is 21.3 Å². The molecule has 0 radical (unpaired) electrons. The second kappa shape index (κ2) is 14.8. The van der Waals surface area contributed by atoms with Crippen LogP contribution in [-0.4, -0.2) is 59.8 Å². The zero-order valence-electron chi connectivity index (χ0n) is 29.1. The first-order chi connectivity index (χ1) is 26.3. The first-order valence-electron chi connectivity index (χ1n) is 16.2. The highest BCUT2D eigenvalue weighted by Gasteiger charge is 2.21. The molecular formula is C38H30N4O12S2. The van der Waals surface area contributed by atoms with Crippen molar-refractivity contribution < 1.29 is 55.3 Å². The van der Waals surface area contributed by atoms with Gasteiger partial charge in [-0.3, -0.25) is 28.3 Å². The average molecular weight is 799 g/mol. The molecule has 56 heavy (non-hydrogen) atoms. The molecule has 0 aromatic heterocycles. The minimum atomic E-state index is -4.60. The van der Waals surface area contributed by atoms with E-state index in [4.69, 9.17) is 0 Å². The maximum absolute atomic E-state index is 13.1. The number of fused-ring (bicyclic) bond motifs is 2. The smallest absolute Gasteiger partial charge is 0.314 e. The van der Waals surface area contributed by atoms with Crippen LogP contribution in [0.1, 0.15) is 31.8 Å². The Morgan fingerprint density at radius 3 is 1.20 bits per heavy atom. The van der Waals surface area contributed by atoms with Crippen molar-refractivity contribution in [2.75, 3.05) is 21.3 Å². The number of amides is 4. The van der Waals surface area contributed by atoms with Gasteiger partial charge in [-0.1, -0.05) is 24.3 Å². The fraction of sp³-hybridized carbons (Fsp3) is 0.0526. The van der Waals surface area contributed by atoms with Crippen molar-refractivity contribution in [2.24, 2.45) is 0 Å². The summed E-state index contributed by atoms with van der Waals surface area (Å²) >= 11 is 0. The SMILES string of the molecule is Cc1cc(C(=O)Nc2cccc3cc(S(=O)(=O)O)cc(O)c23)ccc1NC(=O)C(=O)Nc1ccc(C(=O)Nc2cccc3cc(S(=O)(=O)O)cc(O)c23)cc1C. The molecule has 0 unspecified atom stereocenters. The van der Waals surface area contributed by atoms with Crippen molar-refractivity contribution in [2.45, 2.75) is 23.6 Å². The van der Waals surface area contributed by atoms with E-state index in [9.17, 15) is 55.3 Å². The quantitative estimate of drug-likeness (QED) is 0.0691. The molecule has 0 aliphatic rings. The Kier molecular flexibility index (Phi) is 10.2. The van der Waals surface area contributed by atoms with E-state index in [0.29, 0.717) is 11.1 Å². The molecule has 0 heterocycles. The molecule has 0 aliphatic carbocycles. The molecule has 4 amide bonds. The van der Waals surface area contributed by atoms with E-state index in [1.807, 2.05) is 0 Å². The van der Waals surface area contributed by atoms with E-state index < -0.39 is 65.2 Å². The molecule has 18 heteroatoms. The van der Waals surface area contributed by atoms with Crippen molar-refractivity contribution in [1.82, 2.24) is 0 Å². The summed E-state index contributed by atoms with van der Waals surface area (Å²) in [5, 5.41) is 32.0. The topological polar surface area (TPSA) is 266 Å². The van der Waals surface area contributed by atoms with Crippen LogP contribution >= 0.6 is 0 Å². The van der Waals surface area contributed by atoms with Gasteiger partial charge >= 0.3 is 11.8 Å². The highest BCUT2D eigenvalue weighted by atomic mass is 32.2. The Bertz CT molecular complexity index is 2700. The highest BCUT2D eigenvalue weighted by Crippen LogP contribution is 2.36. The summed E-state index contributed by atoms with van der Waals surface area (Å²) in [7, 11) is -9.20. The number of nitrogens with one attached hydrogen (secondary N) is 4. The molecule has 16 nitrogen and oxygen atoms in total. The van der Waals surface area contributed by atoms with Crippen LogP contribution in [0.4, 0.5) is 22.7 Å². The van der Waals surface area contributed by atoms with Gasteiger partial charge in [0.15, 0.2) is 0 Å². The van der Waals surface area contributed by atoms with Gasteiger partial charge in [-0.2, -0.15) is 16.8 Å². The average Bonchev–Trinajstić information content (AvgIpc) is 3.12. The van der Waals surface area contributed by atoms with Gasteiger partial charge in [0.25, 0.3) is 32.1 Å². The minimum absolute atomic E-state index is 0.135. The number of anilines is 4. The summed E-state index contributed by atoms with van der Waals surface area (Å²) in [6.45, 7) is 3.18. The van der Waals surface area contributed by atoms with Gasteiger partial charge in [0.1, 0.15) is 11.5 Å². The second-order valence-corrected chi connectivity index (χ2v) is 15.4. The highest BCUT2D eigenvalue weighted by molar-refractivity contribution is 7.86. The van der Waals surface area contributed by atoms with Crippen LogP contribution in [0.3, 0.4) is 0 Å². The Morgan fingerprint density at radius 2 is 0.857 bits per heavy atom. The second-order valence-electron chi connectivity index (χ2n) is 12.5. The van der Waals surface area contributed by atoms with E-state index in [0.717, 1.165) is 24.3 Å². The van der Waals surface area contributed by atoms with Gasteiger partial charge in [-0.05, 0) is 96.4 Å². The normalized spacial score (nSPS) is 11.6. The maximum Gasteiger partial charge on any atom is 0.314 e. The zero-order valence-corrected chi connectivity index (χ0v) is 30.7. The number of rotatable bonds is 8. The number of hydrogen-bond donors (Lipinski definition) is 8. The molecule has 6 rings (SSSR count). The van der Waals surface area contributed by atoms with E-state index >= 15 is 0 Å². The monoisotopic (exact) mass is 798 g/mol. The van der Waals surface area contributed by atoms with Crippen molar-refractivity contribution >= 4 is 88.2 Å². The third kappa shape index (κ3) is 8.12. The maximum atomic E-state index is 13.1. The number of carbonyl (C=O) groups excluding carboxylic acids is 4. The first kappa shape index (κ1) is 38.9. The Hall–Kier alpha value is -6.86. The fourth-order valence-electron chi connectivity index (χ4n) is 5.90. The van der Waals surface area contributed by atoms with E-state index in [1.54, 1.807) is 13.8 Å². The van der Waals surface area contributed by atoms with Crippen LogP contribution in [-0.2, 0) is 29.8 Å². The van der Waals surface area contributed by atoms with Gasteiger partial charge < -0.3 is 31.5 Å². The number of hydrogen-bond acceptors (Lipinski definition) is 10. The summed E-state index contributed by atoms with van der Waals surface area (Å²) in [6, 6.07) is 21.5. The molecule has 0 aliphatic heterocycles. The Labute approximate surface area is 318 Å². The van der Waals surface area contributed by atoms with Gasteiger partial charge in [0, 0.05) is 45.4 Å². The summed E-state index contributed by atoms with van der Waals surface area (Å²) < 4.78 is 65.0. The molecule has 0 fully saturated rings. The molecule has 0 saturated heterocycles.